The number of rotatable bonds is 9. The first-order chi connectivity index (χ1) is 13.9. The molecule has 0 fully saturated rings. The summed E-state index contributed by atoms with van der Waals surface area (Å²) in [5.74, 6) is -0.484. The standard InChI is InChI=1S/C19H28NO8P/c1-5-25-18(21)17-11-16-10-14(13-28-29(23,26-6-2)27-7-3)8-9-15(16)12-20(17)19(22)24-4/h8-10,17H,5-7,11-13H2,1-4H3. The van der Waals surface area contributed by atoms with Gasteiger partial charge in [0.05, 0.1) is 40.1 Å². The number of benzene rings is 1. The van der Waals surface area contributed by atoms with Crippen LogP contribution in [0.1, 0.15) is 37.5 Å². The van der Waals surface area contributed by atoms with E-state index < -0.39 is 25.9 Å². The van der Waals surface area contributed by atoms with Gasteiger partial charge in [-0.3, -0.25) is 18.5 Å². The van der Waals surface area contributed by atoms with Crippen molar-refractivity contribution in [2.75, 3.05) is 26.9 Å². The van der Waals surface area contributed by atoms with Crippen molar-refractivity contribution in [2.24, 2.45) is 0 Å². The molecule has 1 amide bonds. The Bertz CT molecular complexity index is 759. The molecule has 1 unspecified atom stereocenters. The van der Waals surface area contributed by atoms with Crippen molar-refractivity contribution < 1.29 is 37.2 Å². The minimum atomic E-state index is -3.62. The van der Waals surface area contributed by atoms with Crippen molar-refractivity contribution in [3.8, 4) is 0 Å². The molecule has 2 rings (SSSR count). The summed E-state index contributed by atoms with van der Waals surface area (Å²) in [5.41, 5.74) is 2.52. The van der Waals surface area contributed by atoms with Crippen molar-refractivity contribution >= 4 is 19.9 Å². The highest BCUT2D eigenvalue weighted by Gasteiger charge is 2.36. The fraction of sp³-hybridized carbons (Fsp3) is 0.579. The van der Waals surface area contributed by atoms with E-state index in [1.54, 1.807) is 26.8 Å². The Kier molecular flexibility index (Phi) is 8.64. The number of methoxy groups -OCH3 is 1. The lowest BCUT2D eigenvalue weighted by atomic mass is 9.92. The number of phosphoric acid groups is 1. The highest BCUT2D eigenvalue weighted by atomic mass is 31.2. The number of amides is 1. The number of carbonyl (C=O) groups excluding carboxylic acids is 2. The summed E-state index contributed by atoms with van der Waals surface area (Å²) in [5, 5.41) is 0. The molecule has 0 saturated heterocycles. The van der Waals surface area contributed by atoms with E-state index in [9.17, 15) is 14.2 Å². The number of ether oxygens (including phenoxy) is 2. The number of carbonyl (C=O) groups is 2. The summed E-state index contributed by atoms with van der Waals surface area (Å²) < 4.78 is 38.0. The van der Waals surface area contributed by atoms with Crippen LogP contribution in [-0.2, 0) is 52.0 Å². The molecule has 0 radical (unpaired) electrons. The maximum atomic E-state index is 12.5. The molecule has 0 saturated carbocycles. The molecular weight excluding hydrogens is 401 g/mol. The molecule has 1 heterocycles. The third-order valence-electron chi connectivity index (χ3n) is 4.33. The number of hydrogen-bond acceptors (Lipinski definition) is 8. The smallest absolute Gasteiger partial charge is 0.464 e. The Morgan fingerprint density at radius 2 is 1.76 bits per heavy atom. The van der Waals surface area contributed by atoms with E-state index in [0.717, 1.165) is 16.7 Å². The van der Waals surface area contributed by atoms with Crippen molar-refractivity contribution in [2.45, 2.75) is 46.4 Å². The predicted octanol–water partition coefficient (Wildman–Crippen LogP) is 3.44. The number of nitrogens with zero attached hydrogens (tertiary/aromatic N) is 1. The van der Waals surface area contributed by atoms with Gasteiger partial charge in [0.2, 0.25) is 0 Å². The lowest BCUT2D eigenvalue weighted by Gasteiger charge is -2.34. The van der Waals surface area contributed by atoms with Crippen LogP contribution in [0.2, 0.25) is 0 Å². The molecule has 1 aromatic carbocycles. The number of fused-ring (bicyclic) bond motifs is 1. The monoisotopic (exact) mass is 429 g/mol. The van der Waals surface area contributed by atoms with E-state index in [0.29, 0.717) is 0 Å². The summed E-state index contributed by atoms with van der Waals surface area (Å²) in [7, 11) is -2.35. The third kappa shape index (κ3) is 6.02. The molecule has 1 aromatic rings. The van der Waals surface area contributed by atoms with Crippen LogP contribution < -0.4 is 0 Å². The first-order valence-corrected chi connectivity index (χ1v) is 11.0. The second-order valence-electron chi connectivity index (χ2n) is 6.23. The predicted molar refractivity (Wildman–Crippen MR) is 104 cm³/mol. The zero-order chi connectivity index (χ0) is 21.4. The SMILES string of the molecule is CCOC(=O)C1Cc2cc(COP(=O)(OCC)OCC)ccc2CN1C(=O)OC. The van der Waals surface area contributed by atoms with Gasteiger partial charge < -0.3 is 9.47 Å². The van der Waals surface area contributed by atoms with Gasteiger partial charge in [-0.15, -0.1) is 0 Å². The molecule has 1 atom stereocenters. The highest BCUT2D eigenvalue weighted by Crippen LogP contribution is 2.49. The Labute approximate surface area is 170 Å². The second kappa shape index (κ2) is 10.7. The molecule has 0 spiro atoms. The topological polar surface area (TPSA) is 101 Å². The van der Waals surface area contributed by atoms with Crippen LogP contribution in [-0.4, -0.2) is 49.9 Å². The summed E-state index contributed by atoms with van der Waals surface area (Å²) in [4.78, 5) is 25.8. The van der Waals surface area contributed by atoms with Crippen molar-refractivity contribution in [1.82, 2.24) is 4.90 Å². The largest absolute Gasteiger partial charge is 0.475 e. The average molecular weight is 429 g/mol. The first kappa shape index (κ1) is 23.3. The summed E-state index contributed by atoms with van der Waals surface area (Å²) in [6.07, 6.45) is -0.304. The molecule has 29 heavy (non-hydrogen) atoms. The maximum absolute atomic E-state index is 12.5. The molecule has 1 aliphatic rings. The molecule has 1 aliphatic heterocycles. The lowest BCUT2D eigenvalue weighted by molar-refractivity contribution is -0.149. The van der Waals surface area contributed by atoms with Gasteiger partial charge in [-0.2, -0.15) is 0 Å². The number of esters is 1. The molecule has 0 aromatic heterocycles. The van der Waals surface area contributed by atoms with Crippen LogP contribution in [0.15, 0.2) is 18.2 Å². The van der Waals surface area contributed by atoms with E-state index >= 15 is 0 Å². The van der Waals surface area contributed by atoms with Crippen LogP contribution in [0, 0.1) is 0 Å². The molecule has 0 bridgehead atoms. The fourth-order valence-electron chi connectivity index (χ4n) is 3.07. The van der Waals surface area contributed by atoms with Crippen LogP contribution in [0.5, 0.6) is 0 Å². The van der Waals surface area contributed by atoms with Gasteiger partial charge in [0, 0.05) is 6.42 Å². The lowest BCUT2D eigenvalue weighted by Crippen LogP contribution is -2.49. The van der Waals surface area contributed by atoms with Gasteiger partial charge in [0.25, 0.3) is 0 Å². The summed E-state index contributed by atoms with van der Waals surface area (Å²) in [6.45, 7) is 5.99. The number of hydrogen-bond donors (Lipinski definition) is 0. The van der Waals surface area contributed by atoms with Gasteiger partial charge in [-0.25, -0.2) is 14.2 Å². The van der Waals surface area contributed by atoms with Gasteiger partial charge in [-0.05, 0) is 37.5 Å². The van der Waals surface area contributed by atoms with E-state index in [2.05, 4.69) is 0 Å². The summed E-state index contributed by atoms with van der Waals surface area (Å²) >= 11 is 0. The first-order valence-electron chi connectivity index (χ1n) is 9.52. The molecule has 162 valence electrons. The Morgan fingerprint density at radius 3 is 2.34 bits per heavy atom. The van der Waals surface area contributed by atoms with Crippen molar-refractivity contribution in [3.05, 3.63) is 34.9 Å². The fourth-order valence-corrected chi connectivity index (χ4v) is 4.23. The number of phosphoric ester groups is 1. The molecular formula is C19H28NO8P. The van der Waals surface area contributed by atoms with Gasteiger partial charge in [-0.1, -0.05) is 18.2 Å². The van der Waals surface area contributed by atoms with Crippen molar-refractivity contribution in [1.29, 1.82) is 0 Å². The molecule has 10 heteroatoms. The Balaban J connectivity index is 2.20. The van der Waals surface area contributed by atoms with Crippen molar-refractivity contribution in [3.63, 3.8) is 0 Å². The Hall–Kier alpha value is -1.93. The summed E-state index contributed by atoms with van der Waals surface area (Å²) in [6, 6.07) is 4.74. The van der Waals surface area contributed by atoms with Crippen LogP contribution >= 0.6 is 7.82 Å². The maximum Gasteiger partial charge on any atom is 0.475 e. The molecule has 0 N–H and O–H groups in total. The van der Waals surface area contributed by atoms with Gasteiger partial charge in [0.15, 0.2) is 0 Å². The molecule has 9 nitrogen and oxygen atoms in total. The minimum Gasteiger partial charge on any atom is -0.464 e. The molecule has 0 aliphatic carbocycles. The highest BCUT2D eigenvalue weighted by molar-refractivity contribution is 7.48. The average Bonchev–Trinajstić information content (AvgIpc) is 2.71. The quantitative estimate of drug-likeness (QED) is 0.435. The Morgan fingerprint density at radius 1 is 1.07 bits per heavy atom. The zero-order valence-corrected chi connectivity index (χ0v) is 18.1. The van der Waals surface area contributed by atoms with E-state index in [1.165, 1.54) is 12.0 Å². The van der Waals surface area contributed by atoms with E-state index in [4.69, 9.17) is 23.0 Å². The van der Waals surface area contributed by atoms with Gasteiger partial charge >= 0.3 is 19.9 Å². The zero-order valence-electron chi connectivity index (χ0n) is 17.2. The van der Waals surface area contributed by atoms with E-state index in [-0.39, 0.29) is 39.4 Å². The minimum absolute atomic E-state index is 0.0232. The second-order valence-corrected chi connectivity index (χ2v) is 7.90. The van der Waals surface area contributed by atoms with Crippen LogP contribution in [0.25, 0.3) is 0 Å². The van der Waals surface area contributed by atoms with Crippen LogP contribution in [0.3, 0.4) is 0 Å². The van der Waals surface area contributed by atoms with E-state index in [1.807, 2.05) is 12.1 Å². The van der Waals surface area contributed by atoms with Crippen LogP contribution in [0.4, 0.5) is 4.79 Å². The third-order valence-corrected chi connectivity index (χ3v) is 5.93. The normalized spacial score (nSPS) is 16.3. The van der Waals surface area contributed by atoms with Gasteiger partial charge in [0.1, 0.15) is 6.04 Å².